The van der Waals surface area contributed by atoms with Gasteiger partial charge in [-0.25, -0.2) is 4.39 Å². The van der Waals surface area contributed by atoms with Crippen molar-refractivity contribution < 1.29 is 9.18 Å². The molecule has 31 heavy (non-hydrogen) atoms. The fourth-order valence-corrected chi connectivity index (χ4v) is 4.41. The number of pyridine rings is 1. The van der Waals surface area contributed by atoms with E-state index in [1.165, 1.54) is 12.1 Å². The minimum absolute atomic E-state index is 0.101. The van der Waals surface area contributed by atoms with Crippen LogP contribution in [0.4, 0.5) is 4.39 Å². The molecule has 0 aliphatic carbocycles. The molecule has 0 unspecified atom stereocenters. The van der Waals surface area contributed by atoms with Crippen LogP contribution in [-0.4, -0.2) is 31.8 Å². The molecule has 0 saturated heterocycles. The standard InChI is InChI=1S/C24H22FN5O/c1-15-13-19(29(2)28-15)14-30-20-9-12-27-24(31)22(20)21(16-3-5-18(25)6-4-16)23(30)17-7-10-26-11-8-17/h3-8,10-11,13H,9,12,14H2,1-2H3,(H,27,31). The van der Waals surface area contributed by atoms with Gasteiger partial charge in [-0.15, -0.1) is 0 Å². The van der Waals surface area contributed by atoms with Gasteiger partial charge in [0.1, 0.15) is 5.82 Å². The van der Waals surface area contributed by atoms with Crippen LogP contribution in [0.5, 0.6) is 0 Å². The van der Waals surface area contributed by atoms with Gasteiger partial charge in [0.15, 0.2) is 0 Å². The molecule has 5 rings (SSSR count). The van der Waals surface area contributed by atoms with Gasteiger partial charge in [-0.3, -0.25) is 14.5 Å². The molecule has 1 aliphatic rings. The first-order chi connectivity index (χ1) is 15.0. The summed E-state index contributed by atoms with van der Waals surface area (Å²) in [6.45, 7) is 3.13. The Morgan fingerprint density at radius 1 is 1.06 bits per heavy atom. The van der Waals surface area contributed by atoms with Crippen LogP contribution in [0.2, 0.25) is 0 Å². The van der Waals surface area contributed by atoms with Gasteiger partial charge in [0, 0.05) is 49.2 Å². The van der Waals surface area contributed by atoms with E-state index in [2.05, 4.69) is 26.0 Å². The van der Waals surface area contributed by atoms with E-state index in [4.69, 9.17) is 0 Å². The number of nitrogens with one attached hydrogen (secondary N) is 1. The lowest BCUT2D eigenvalue weighted by atomic mass is 9.95. The van der Waals surface area contributed by atoms with E-state index >= 15 is 0 Å². The Kier molecular flexibility index (Phi) is 4.66. The predicted molar refractivity (Wildman–Crippen MR) is 116 cm³/mol. The molecular weight excluding hydrogens is 393 g/mol. The first-order valence-corrected chi connectivity index (χ1v) is 10.2. The summed E-state index contributed by atoms with van der Waals surface area (Å²) in [6, 6.07) is 12.3. The van der Waals surface area contributed by atoms with Crippen LogP contribution in [0.25, 0.3) is 22.4 Å². The maximum atomic E-state index is 13.7. The van der Waals surface area contributed by atoms with E-state index < -0.39 is 0 Å². The van der Waals surface area contributed by atoms with E-state index in [1.807, 2.05) is 30.8 Å². The topological polar surface area (TPSA) is 64.7 Å². The summed E-state index contributed by atoms with van der Waals surface area (Å²) >= 11 is 0. The highest BCUT2D eigenvalue weighted by Gasteiger charge is 2.31. The van der Waals surface area contributed by atoms with Crippen molar-refractivity contribution in [3.05, 3.63) is 83.3 Å². The molecule has 1 aliphatic heterocycles. The summed E-state index contributed by atoms with van der Waals surface area (Å²) in [7, 11) is 1.93. The number of carbonyl (C=O) groups excluding carboxylic acids is 1. The molecule has 0 fully saturated rings. The summed E-state index contributed by atoms with van der Waals surface area (Å²) in [4.78, 5) is 17.2. The third-order valence-electron chi connectivity index (χ3n) is 5.75. The zero-order chi connectivity index (χ0) is 21.5. The van der Waals surface area contributed by atoms with Crippen LogP contribution in [-0.2, 0) is 20.0 Å². The molecule has 6 nitrogen and oxygen atoms in total. The van der Waals surface area contributed by atoms with Gasteiger partial charge in [0.2, 0.25) is 0 Å². The first-order valence-electron chi connectivity index (χ1n) is 10.2. The van der Waals surface area contributed by atoms with Gasteiger partial charge < -0.3 is 9.88 Å². The van der Waals surface area contributed by atoms with Gasteiger partial charge in [-0.2, -0.15) is 5.10 Å². The average Bonchev–Trinajstić information content (AvgIpc) is 3.27. The Bertz CT molecular complexity index is 1270. The highest BCUT2D eigenvalue weighted by molar-refractivity contribution is 6.07. The highest BCUT2D eigenvalue weighted by atomic mass is 19.1. The lowest BCUT2D eigenvalue weighted by molar-refractivity contribution is 0.0946. The Morgan fingerprint density at radius 3 is 2.48 bits per heavy atom. The Balaban J connectivity index is 1.83. The summed E-state index contributed by atoms with van der Waals surface area (Å²) in [5, 5.41) is 7.46. The fourth-order valence-electron chi connectivity index (χ4n) is 4.41. The number of aromatic nitrogens is 4. The molecule has 4 aromatic rings. The van der Waals surface area contributed by atoms with E-state index in [9.17, 15) is 9.18 Å². The van der Waals surface area contributed by atoms with Crippen molar-refractivity contribution in [3.8, 4) is 22.4 Å². The Morgan fingerprint density at radius 2 is 1.81 bits per heavy atom. The van der Waals surface area contributed by atoms with E-state index in [0.717, 1.165) is 45.9 Å². The number of aryl methyl sites for hydroxylation is 2. The van der Waals surface area contributed by atoms with E-state index in [1.54, 1.807) is 24.5 Å². The minimum Gasteiger partial charge on any atom is -0.352 e. The second kappa shape index (κ2) is 7.50. The summed E-state index contributed by atoms with van der Waals surface area (Å²) in [5.74, 6) is -0.409. The fraction of sp³-hybridized carbons (Fsp3) is 0.208. The predicted octanol–water partition coefficient (Wildman–Crippen LogP) is 3.73. The van der Waals surface area contributed by atoms with Crippen molar-refractivity contribution in [1.82, 2.24) is 24.6 Å². The average molecular weight is 415 g/mol. The summed E-state index contributed by atoms with van der Waals surface area (Å²) in [6.07, 6.45) is 4.21. The quantitative estimate of drug-likeness (QED) is 0.552. The lowest BCUT2D eigenvalue weighted by Crippen LogP contribution is -2.32. The zero-order valence-corrected chi connectivity index (χ0v) is 17.4. The SMILES string of the molecule is Cc1cc(Cn2c3c(c(-c4ccc(F)cc4)c2-c2ccncc2)C(=O)NCC3)n(C)n1. The number of hydrogen-bond acceptors (Lipinski definition) is 3. The Hall–Kier alpha value is -3.74. The zero-order valence-electron chi connectivity index (χ0n) is 17.4. The number of nitrogens with zero attached hydrogens (tertiary/aromatic N) is 4. The molecule has 1 N–H and O–H groups in total. The summed E-state index contributed by atoms with van der Waals surface area (Å²) < 4.78 is 17.8. The first kappa shape index (κ1) is 19.2. The number of benzene rings is 1. The second-order valence-corrected chi connectivity index (χ2v) is 7.78. The van der Waals surface area contributed by atoms with Crippen LogP contribution in [0.1, 0.15) is 27.4 Å². The molecule has 0 bridgehead atoms. The van der Waals surface area contributed by atoms with Crippen molar-refractivity contribution in [2.75, 3.05) is 6.54 Å². The van der Waals surface area contributed by atoms with Gasteiger partial charge in [0.05, 0.1) is 29.2 Å². The molecule has 0 spiro atoms. The van der Waals surface area contributed by atoms with Crippen LogP contribution in [0, 0.1) is 12.7 Å². The third-order valence-corrected chi connectivity index (χ3v) is 5.75. The number of carbonyl (C=O) groups is 1. The maximum Gasteiger partial charge on any atom is 0.253 e. The van der Waals surface area contributed by atoms with Crippen LogP contribution in [0.15, 0.2) is 54.9 Å². The van der Waals surface area contributed by atoms with Gasteiger partial charge in [-0.1, -0.05) is 12.1 Å². The van der Waals surface area contributed by atoms with E-state index in [0.29, 0.717) is 18.7 Å². The minimum atomic E-state index is -0.308. The van der Waals surface area contributed by atoms with E-state index in [-0.39, 0.29) is 11.7 Å². The molecule has 0 saturated carbocycles. The number of fused-ring (bicyclic) bond motifs is 1. The third kappa shape index (κ3) is 3.32. The maximum absolute atomic E-state index is 13.7. The van der Waals surface area contributed by atoms with Crippen LogP contribution in [0.3, 0.4) is 0 Å². The van der Waals surface area contributed by atoms with Crippen molar-refractivity contribution in [1.29, 1.82) is 0 Å². The molecule has 3 aromatic heterocycles. The molecule has 1 amide bonds. The summed E-state index contributed by atoms with van der Waals surface area (Å²) in [5.41, 5.74) is 7.13. The Labute approximate surface area is 179 Å². The number of halogens is 1. The number of rotatable bonds is 4. The highest BCUT2D eigenvalue weighted by Crippen LogP contribution is 2.41. The number of hydrogen-bond donors (Lipinski definition) is 1. The molecule has 4 heterocycles. The van der Waals surface area contributed by atoms with Crippen molar-refractivity contribution >= 4 is 5.91 Å². The van der Waals surface area contributed by atoms with Crippen molar-refractivity contribution in [2.45, 2.75) is 19.9 Å². The molecule has 1 aromatic carbocycles. The molecule has 0 radical (unpaired) electrons. The van der Waals surface area contributed by atoms with Crippen molar-refractivity contribution in [3.63, 3.8) is 0 Å². The number of amides is 1. The molecule has 0 atom stereocenters. The largest absolute Gasteiger partial charge is 0.352 e. The van der Waals surface area contributed by atoms with Gasteiger partial charge in [0.25, 0.3) is 5.91 Å². The normalized spacial score (nSPS) is 13.2. The second-order valence-electron chi connectivity index (χ2n) is 7.78. The van der Waals surface area contributed by atoms with Gasteiger partial charge in [-0.05, 0) is 42.8 Å². The van der Waals surface area contributed by atoms with Gasteiger partial charge >= 0.3 is 0 Å². The van der Waals surface area contributed by atoms with Crippen LogP contribution >= 0.6 is 0 Å². The lowest BCUT2D eigenvalue weighted by Gasteiger charge is -2.17. The molecule has 156 valence electrons. The van der Waals surface area contributed by atoms with Crippen molar-refractivity contribution in [2.24, 2.45) is 7.05 Å². The van der Waals surface area contributed by atoms with Crippen LogP contribution < -0.4 is 5.32 Å². The molecule has 7 heteroatoms. The monoisotopic (exact) mass is 415 g/mol. The molecular formula is C24H22FN5O. The smallest absolute Gasteiger partial charge is 0.253 e.